The molecule has 7 heteroatoms. The Morgan fingerprint density at radius 2 is 1.59 bits per heavy atom. The fraction of sp³-hybridized carbons (Fsp3) is 0.250. The van der Waals surface area contributed by atoms with Crippen LogP contribution in [0.15, 0.2) is 48.5 Å². The predicted molar refractivity (Wildman–Crippen MR) is 105 cm³/mol. The minimum Gasteiger partial charge on any atom is -0.326 e. The lowest BCUT2D eigenvalue weighted by atomic mass is 9.97. The van der Waals surface area contributed by atoms with Crippen molar-refractivity contribution in [2.24, 2.45) is 5.92 Å². The first-order valence-corrected chi connectivity index (χ1v) is 8.74. The number of amides is 3. The number of hydrogen-bond acceptors (Lipinski definition) is 4. The van der Waals surface area contributed by atoms with Crippen LogP contribution in [0.1, 0.15) is 33.6 Å². The van der Waals surface area contributed by atoms with Gasteiger partial charge in [0.15, 0.2) is 0 Å². The fourth-order valence-electron chi connectivity index (χ4n) is 3.47. The van der Waals surface area contributed by atoms with Gasteiger partial charge in [-0.3, -0.25) is 14.4 Å². The lowest BCUT2D eigenvalue weighted by molar-refractivity contribution is -0.120. The van der Waals surface area contributed by atoms with E-state index in [1.54, 1.807) is 48.5 Å². The summed E-state index contributed by atoms with van der Waals surface area (Å²) in [5, 5.41) is 6.15. The van der Waals surface area contributed by atoms with Crippen molar-refractivity contribution < 1.29 is 14.4 Å². The second-order valence-electron chi connectivity index (χ2n) is 6.56. The Labute approximate surface area is 163 Å². The molecular weight excluding hydrogens is 366 g/mol. The van der Waals surface area contributed by atoms with E-state index in [1.807, 2.05) is 0 Å². The van der Waals surface area contributed by atoms with Gasteiger partial charge in [-0.15, -0.1) is 12.4 Å². The third-order valence-corrected chi connectivity index (χ3v) is 4.88. The summed E-state index contributed by atoms with van der Waals surface area (Å²) in [7, 11) is 0. The molecule has 2 aliphatic heterocycles. The maximum absolute atomic E-state index is 12.6. The van der Waals surface area contributed by atoms with Gasteiger partial charge in [-0.1, -0.05) is 18.2 Å². The molecule has 1 fully saturated rings. The van der Waals surface area contributed by atoms with Gasteiger partial charge in [-0.25, -0.2) is 4.90 Å². The molecule has 1 saturated heterocycles. The van der Waals surface area contributed by atoms with Crippen molar-refractivity contribution in [3.05, 3.63) is 59.7 Å². The standard InChI is InChI=1S/C20H19N3O3.ClH/c24-18(13-8-10-21-11-9-13)22-14-4-3-5-15(12-14)23-19(25)16-6-1-2-7-17(16)20(23)26;/h1-7,12-13,21H,8-11H2,(H,22,24);1H. The van der Waals surface area contributed by atoms with E-state index < -0.39 is 0 Å². The molecule has 2 heterocycles. The zero-order chi connectivity index (χ0) is 18.1. The van der Waals surface area contributed by atoms with Gasteiger partial charge in [0, 0.05) is 11.6 Å². The number of anilines is 2. The van der Waals surface area contributed by atoms with Crippen LogP contribution in [0.2, 0.25) is 0 Å². The Kier molecular flexibility index (Phi) is 5.58. The Morgan fingerprint density at radius 3 is 2.22 bits per heavy atom. The number of nitrogens with one attached hydrogen (secondary N) is 2. The van der Waals surface area contributed by atoms with Crippen molar-refractivity contribution in [1.29, 1.82) is 0 Å². The second-order valence-corrected chi connectivity index (χ2v) is 6.56. The molecule has 2 aromatic carbocycles. The van der Waals surface area contributed by atoms with E-state index in [9.17, 15) is 14.4 Å². The third-order valence-electron chi connectivity index (χ3n) is 4.88. The molecule has 0 atom stereocenters. The second kappa shape index (κ2) is 7.90. The van der Waals surface area contributed by atoms with Crippen LogP contribution in [0.25, 0.3) is 0 Å². The first-order valence-electron chi connectivity index (χ1n) is 8.74. The van der Waals surface area contributed by atoms with Crippen molar-refractivity contribution in [2.45, 2.75) is 12.8 Å². The monoisotopic (exact) mass is 385 g/mol. The SMILES string of the molecule is Cl.O=C(Nc1cccc(N2C(=O)c3ccccc3C2=O)c1)C1CCNCC1. The third kappa shape index (κ3) is 3.59. The van der Waals surface area contributed by atoms with Crippen molar-refractivity contribution >= 4 is 41.5 Å². The lowest BCUT2D eigenvalue weighted by Gasteiger charge is -2.22. The van der Waals surface area contributed by atoms with Crippen LogP contribution in [0.3, 0.4) is 0 Å². The number of nitrogens with zero attached hydrogens (tertiary/aromatic N) is 1. The van der Waals surface area contributed by atoms with Crippen molar-refractivity contribution in [3.8, 4) is 0 Å². The van der Waals surface area contributed by atoms with E-state index in [2.05, 4.69) is 10.6 Å². The number of halogens is 1. The topological polar surface area (TPSA) is 78.5 Å². The molecule has 3 amide bonds. The molecule has 6 nitrogen and oxygen atoms in total. The smallest absolute Gasteiger partial charge is 0.266 e. The molecule has 27 heavy (non-hydrogen) atoms. The van der Waals surface area contributed by atoms with Gasteiger partial charge < -0.3 is 10.6 Å². The average molecular weight is 386 g/mol. The Morgan fingerprint density at radius 1 is 0.963 bits per heavy atom. The summed E-state index contributed by atoms with van der Waals surface area (Å²) in [6, 6.07) is 13.6. The lowest BCUT2D eigenvalue weighted by Crippen LogP contribution is -2.34. The number of carbonyl (C=O) groups excluding carboxylic acids is 3. The summed E-state index contributed by atoms with van der Waals surface area (Å²) in [4.78, 5) is 38.8. The van der Waals surface area contributed by atoms with Gasteiger partial charge in [-0.05, 0) is 56.3 Å². The molecule has 2 N–H and O–H groups in total. The molecule has 2 aromatic rings. The van der Waals surface area contributed by atoms with E-state index in [-0.39, 0.29) is 36.0 Å². The number of fused-ring (bicyclic) bond motifs is 1. The van der Waals surface area contributed by atoms with Crippen LogP contribution in [-0.4, -0.2) is 30.8 Å². The van der Waals surface area contributed by atoms with Gasteiger partial charge in [0.05, 0.1) is 16.8 Å². The predicted octanol–water partition coefficient (Wildman–Crippen LogP) is 2.85. The van der Waals surface area contributed by atoms with Crippen molar-refractivity contribution in [3.63, 3.8) is 0 Å². The molecule has 0 spiro atoms. The molecule has 4 rings (SSSR count). The van der Waals surface area contributed by atoms with Crippen LogP contribution in [-0.2, 0) is 4.79 Å². The number of hydrogen-bond donors (Lipinski definition) is 2. The van der Waals surface area contributed by atoms with Gasteiger partial charge in [0.25, 0.3) is 11.8 Å². The molecule has 0 unspecified atom stereocenters. The fourth-order valence-corrected chi connectivity index (χ4v) is 3.47. The molecule has 0 saturated carbocycles. The maximum atomic E-state index is 12.6. The zero-order valence-corrected chi connectivity index (χ0v) is 15.4. The Hall–Kier alpha value is -2.70. The molecule has 0 aliphatic carbocycles. The number of rotatable bonds is 3. The van der Waals surface area contributed by atoms with E-state index in [0.717, 1.165) is 30.8 Å². The summed E-state index contributed by atoms with van der Waals surface area (Å²) in [5.74, 6) is -0.718. The molecular formula is C20H20ClN3O3. The maximum Gasteiger partial charge on any atom is 0.266 e. The van der Waals surface area contributed by atoms with E-state index in [1.165, 1.54) is 0 Å². The van der Waals surface area contributed by atoms with Crippen LogP contribution >= 0.6 is 12.4 Å². The zero-order valence-electron chi connectivity index (χ0n) is 14.6. The first kappa shape index (κ1) is 19.1. The summed E-state index contributed by atoms with van der Waals surface area (Å²) in [5.41, 5.74) is 1.85. The number of piperidine rings is 1. The first-order chi connectivity index (χ1) is 12.6. The summed E-state index contributed by atoms with van der Waals surface area (Å²) in [6.45, 7) is 1.68. The van der Waals surface area contributed by atoms with Crippen molar-refractivity contribution in [1.82, 2.24) is 5.32 Å². The van der Waals surface area contributed by atoms with Crippen LogP contribution < -0.4 is 15.5 Å². The summed E-state index contributed by atoms with van der Waals surface area (Å²) < 4.78 is 0. The van der Waals surface area contributed by atoms with Crippen LogP contribution in [0.4, 0.5) is 11.4 Å². The number of imide groups is 1. The van der Waals surface area contributed by atoms with E-state index >= 15 is 0 Å². The normalized spacial score (nSPS) is 16.7. The summed E-state index contributed by atoms with van der Waals surface area (Å²) >= 11 is 0. The quantitative estimate of drug-likeness (QED) is 0.796. The number of benzene rings is 2. The van der Waals surface area contributed by atoms with E-state index in [0.29, 0.717) is 22.5 Å². The van der Waals surface area contributed by atoms with Crippen molar-refractivity contribution in [2.75, 3.05) is 23.3 Å². The summed E-state index contributed by atoms with van der Waals surface area (Å²) in [6.07, 6.45) is 1.62. The highest BCUT2D eigenvalue weighted by Crippen LogP contribution is 2.30. The van der Waals surface area contributed by atoms with Crippen LogP contribution in [0, 0.1) is 5.92 Å². The van der Waals surface area contributed by atoms with Crippen LogP contribution in [0.5, 0.6) is 0 Å². The van der Waals surface area contributed by atoms with E-state index in [4.69, 9.17) is 0 Å². The largest absolute Gasteiger partial charge is 0.326 e. The van der Waals surface area contributed by atoms with Gasteiger partial charge >= 0.3 is 0 Å². The minimum atomic E-state index is -0.340. The molecule has 0 radical (unpaired) electrons. The Bertz CT molecular complexity index is 859. The molecule has 0 bridgehead atoms. The van der Waals surface area contributed by atoms with Gasteiger partial charge in [0.2, 0.25) is 5.91 Å². The van der Waals surface area contributed by atoms with Gasteiger partial charge in [0.1, 0.15) is 0 Å². The van der Waals surface area contributed by atoms with Gasteiger partial charge in [-0.2, -0.15) is 0 Å². The number of carbonyl (C=O) groups is 3. The minimum absolute atomic E-state index is 0. The average Bonchev–Trinajstić information content (AvgIpc) is 2.94. The highest BCUT2D eigenvalue weighted by molar-refractivity contribution is 6.34. The molecule has 140 valence electrons. The highest BCUT2D eigenvalue weighted by Gasteiger charge is 2.36. The highest BCUT2D eigenvalue weighted by atomic mass is 35.5. The molecule has 2 aliphatic rings. The Balaban J connectivity index is 0.00000210. The molecule has 0 aromatic heterocycles.